The van der Waals surface area contributed by atoms with E-state index >= 15 is 0 Å². The zero-order valence-corrected chi connectivity index (χ0v) is 17.6. The Morgan fingerprint density at radius 3 is 2.39 bits per heavy atom. The molecule has 1 N–H and O–H groups in total. The minimum absolute atomic E-state index is 0.129. The van der Waals surface area contributed by atoms with Crippen LogP contribution < -0.4 is 15.0 Å². The maximum absolute atomic E-state index is 13.3. The molecule has 1 aliphatic rings. The molecular weight excluding hydrogens is 392 g/mol. The molecule has 1 heterocycles. The van der Waals surface area contributed by atoms with Crippen molar-refractivity contribution < 1.29 is 19.1 Å². The fourth-order valence-electron chi connectivity index (χ4n) is 3.82. The number of fused-ring (bicyclic) bond motifs is 1. The topological polar surface area (TPSA) is 75.7 Å². The third-order valence-corrected chi connectivity index (χ3v) is 5.09. The van der Waals surface area contributed by atoms with E-state index in [0.717, 1.165) is 26.8 Å². The molecule has 6 heteroatoms. The van der Waals surface area contributed by atoms with Crippen molar-refractivity contribution in [3.05, 3.63) is 76.9 Å². The van der Waals surface area contributed by atoms with E-state index in [1.807, 2.05) is 63.2 Å². The number of hydrogen-bond acceptors (Lipinski definition) is 4. The number of nitrogens with zero attached hydrogens (tertiary/aromatic N) is 1. The first-order valence-electron chi connectivity index (χ1n) is 10.0. The summed E-state index contributed by atoms with van der Waals surface area (Å²) in [4.78, 5) is 39.5. The average Bonchev–Trinajstić information content (AvgIpc) is 2.71. The van der Waals surface area contributed by atoms with Crippen LogP contribution in [0.1, 0.15) is 23.6 Å². The molecule has 156 valence electrons. The van der Waals surface area contributed by atoms with Gasteiger partial charge in [-0.15, -0.1) is 0 Å². The van der Waals surface area contributed by atoms with Crippen molar-refractivity contribution in [2.75, 3.05) is 11.5 Å². The van der Waals surface area contributed by atoms with Crippen molar-refractivity contribution in [1.29, 1.82) is 0 Å². The third kappa shape index (κ3) is 3.80. The van der Waals surface area contributed by atoms with E-state index in [1.54, 1.807) is 12.1 Å². The number of ether oxygens (including phenoxy) is 1. The van der Waals surface area contributed by atoms with Gasteiger partial charge in [0.25, 0.3) is 11.8 Å². The average molecular weight is 414 g/mol. The Kier molecular flexibility index (Phi) is 5.29. The summed E-state index contributed by atoms with van der Waals surface area (Å²) in [5.41, 5.74) is 2.72. The van der Waals surface area contributed by atoms with Crippen LogP contribution in [0.15, 0.2) is 60.2 Å². The lowest BCUT2D eigenvalue weighted by Gasteiger charge is -2.27. The molecule has 0 saturated carbocycles. The molecular formula is C25H22N2O4. The van der Waals surface area contributed by atoms with Gasteiger partial charge in [-0.25, -0.2) is 9.69 Å². The minimum Gasteiger partial charge on any atom is -0.493 e. The van der Waals surface area contributed by atoms with E-state index in [-0.39, 0.29) is 5.57 Å². The predicted octanol–water partition coefficient (Wildman–Crippen LogP) is 4.52. The molecule has 4 amide bonds. The highest BCUT2D eigenvalue weighted by molar-refractivity contribution is 6.39. The number of amides is 4. The molecule has 3 aromatic rings. The van der Waals surface area contributed by atoms with E-state index in [2.05, 4.69) is 5.32 Å². The van der Waals surface area contributed by atoms with Gasteiger partial charge in [-0.2, -0.15) is 0 Å². The van der Waals surface area contributed by atoms with Crippen molar-refractivity contribution in [1.82, 2.24) is 5.32 Å². The van der Waals surface area contributed by atoms with E-state index in [4.69, 9.17) is 4.74 Å². The largest absolute Gasteiger partial charge is 0.493 e. The smallest absolute Gasteiger partial charge is 0.335 e. The Morgan fingerprint density at radius 1 is 0.968 bits per heavy atom. The summed E-state index contributed by atoms with van der Waals surface area (Å²) in [5.74, 6) is -0.843. The number of urea groups is 1. The number of carbonyl (C=O) groups is 3. The molecule has 0 radical (unpaired) electrons. The van der Waals surface area contributed by atoms with Crippen LogP contribution >= 0.6 is 0 Å². The van der Waals surface area contributed by atoms with Gasteiger partial charge in [0.15, 0.2) is 0 Å². The molecule has 4 rings (SSSR count). The second-order valence-corrected chi connectivity index (χ2v) is 7.44. The number of aryl methyl sites for hydroxylation is 2. The van der Waals surface area contributed by atoms with E-state index in [0.29, 0.717) is 23.6 Å². The Bertz CT molecular complexity index is 1240. The Hall–Kier alpha value is -3.93. The van der Waals surface area contributed by atoms with Gasteiger partial charge in [0.2, 0.25) is 0 Å². The number of carbonyl (C=O) groups excluding carboxylic acids is 3. The van der Waals surface area contributed by atoms with Gasteiger partial charge >= 0.3 is 6.03 Å². The molecule has 3 aromatic carbocycles. The molecule has 1 fully saturated rings. The van der Waals surface area contributed by atoms with E-state index in [9.17, 15) is 14.4 Å². The van der Waals surface area contributed by atoms with Crippen LogP contribution in [-0.2, 0) is 9.59 Å². The van der Waals surface area contributed by atoms with Crippen molar-refractivity contribution in [2.24, 2.45) is 0 Å². The highest BCUT2D eigenvalue weighted by atomic mass is 16.5. The van der Waals surface area contributed by atoms with E-state index in [1.165, 1.54) is 6.08 Å². The first-order valence-corrected chi connectivity index (χ1v) is 10.0. The van der Waals surface area contributed by atoms with Crippen LogP contribution in [0.2, 0.25) is 0 Å². The molecule has 0 aromatic heterocycles. The number of anilines is 1. The normalized spacial score (nSPS) is 15.5. The van der Waals surface area contributed by atoms with Gasteiger partial charge in [0, 0.05) is 5.56 Å². The lowest BCUT2D eigenvalue weighted by molar-refractivity contribution is -0.122. The van der Waals surface area contributed by atoms with Crippen LogP contribution in [0.4, 0.5) is 10.5 Å². The summed E-state index contributed by atoms with van der Waals surface area (Å²) < 4.78 is 5.75. The Balaban J connectivity index is 1.87. The quantitative estimate of drug-likeness (QED) is 0.503. The number of hydrogen-bond donors (Lipinski definition) is 1. The fourth-order valence-corrected chi connectivity index (χ4v) is 3.82. The summed E-state index contributed by atoms with van der Waals surface area (Å²) in [6.07, 6.45) is 1.51. The van der Waals surface area contributed by atoms with Crippen LogP contribution in [0.25, 0.3) is 16.8 Å². The van der Waals surface area contributed by atoms with Crippen molar-refractivity contribution in [3.63, 3.8) is 0 Å². The van der Waals surface area contributed by atoms with Gasteiger partial charge in [-0.05, 0) is 66.9 Å². The van der Waals surface area contributed by atoms with Gasteiger partial charge in [0.05, 0.1) is 12.3 Å². The second-order valence-electron chi connectivity index (χ2n) is 7.44. The Labute approximate surface area is 180 Å². The van der Waals surface area contributed by atoms with Crippen molar-refractivity contribution in [3.8, 4) is 5.75 Å². The SMILES string of the molecule is CCOc1ccc2ccccc2c1C=C1C(=O)NC(=O)N(c2cc(C)cc(C)c2)C1=O. The summed E-state index contributed by atoms with van der Waals surface area (Å²) in [6, 6.07) is 16.0. The van der Waals surface area contributed by atoms with Crippen LogP contribution in [-0.4, -0.2) is 24.5 Å². The summed E-state index contributed by atoms with van der Waals surface area (Å²) in [5, 5.41) is 4.08. The lowest BCUT2D eigenvalue weighted by atomic mass is 9.99. The number of imide groups is 2. The monoisotopic (exact) mass is 414 g/mol. The zero-order chi connectivity index (χ0) is 22.1. The number of rotatable bonds is 4. The summed E-state index contributed by atoms with van der Waals surface area (Å²) in [7, 11) is 0. The second kappa shape index (κ2) is 8.07. The molecule has 31 heavy (non-hydrogen) atoms. The molecule has 6 nitrogen and oxygen atoms in total. The van der Waals surface area contributed by atoms with Crippen LogP contribution in [0.3, 0.4) is 0 Å². The van der Waals surface area contributed by atoms with Gasteiger partial charge < -0.3 is 4.74 Å². The number of nitrogens with one attached hydrogen (secondary N) is 1. The molecule has 0 atom stereocenters. The maximum Gasteiger partial charge on any atom is 0.335 e. The van der Waals surface area contributed by atoms with Crippen LogP contribution in [0.5, 0.6) is 5.75 Å². The first-order chi connectivity index (χ1) is 14.9. The van der Waals surface area contributed by atoms with Crippen molar-refractivity contribution >= 4 is 40.4 Å². The van der Waals surface area contributed by atoms with Gasteiger partial charge in [0.1, 0.15) is 11.3 Å². The molecule has 1 aliphatic heterocycles. The summed E-state index contributed by atoms with van der Waals surface area (Å²) >= 11 is 0. The van der Waals surface area contributed by atoms with Gasteiger partial charge in [-0.1, -0.05) is 36.4 Å². The molecule has 0 unspecified atom stereocenters. The highest BCUT2D eigenvalue weighted by Crippen LogP contribution is 2.32. The van der Waals surface area contributed by atoms with E-state index < -0.39 is 17.8 Å². The predicted molar refractivity (Wildman–Crippen MR) is 120 cm³/mol. The first kappa shape index (κ1) is 20.3. The molecule has 0 aliphatic carbocycles. The third-order valence-electron chi connectivity index (χ3n) is 5.09. The molecule has 1 saturated heterocycles. The highest BCUT2D eigenvalue weighted by Gasteiger charge is 2.37. The standard InChI is InChI=1S/C25H22N2O4/c1-4-31-22-10-9-17-7-5-6-8-19(17)20(22)14-21-23(28)26-25(30)27(24(21)29)18-12-15(2)11-16(3)13-18/h5-14H,4H2,1-3H3,(H,26,28,30). The van der Waals surface area contributed by atoms with Crippen LogP contribution in [0, 0.1) is 13.8 Å². The number of barbiturate groups is 1. The Morgan fingerprint density at radius 2 is 1.68 bits per heavy atom. The molecule has 0 spiro atoms. The summed E-state index contributed by atoms with van der Waals surface area (Å²) in [6.45, 7) is 6.07. The molecule has 0 bridgehead atoms. The lowest BCUT2D eigenvalue weighted by Crippen LogP contribution is -2.54. The number of benzene rings is 3. The van der Waals surface area contributed by atoms with Crippen molar-refractivity contribution in [2.45, 2.75) is 20.8 Å². The zero-order valence-electron chi connectivity index (χ0n) is 17.6. The van der Waals surface area contributed by atoms with Gasteiger partial charge in [-0.3, -0.25) is 14.9 Å². The minimum atomic E-state index is -0.764. The fraction of sp³-hybridized carbons (Fsp3) is 0.160. The maximum atomic E-state index is 13.3.